The lowest BCUT2D eigenvalue weighted by atomic mass is 9.79. The van der Waals surface area contributed by atoms with Crippen molar-refractivity contribution >= 4 is 23.8 Å². The molecular formula is C14H18N6O. The largest absolute Gasteiger partial charge is 0.369 e. The number of hydrogen-bond acceptors (Lipinski definition) is 5. The number of primary amides is 1. The first kappa shape index (κ1) is 12.5. The molecular weight excluding hydrogens is 268 g/mol. The quantitative estimate of drug-likeness (QED) is 0.651. The molecule has 0 spiro atoms. The Morgan fingerprint density at radius 2 is 2.14 bits per heavy atom. The van der Waals surface area contributed by atoms with E-state index in [0.717, 1.165) is 42.8 Å². The van der Waals surface area contributed by atoms with Crippen LogP contribution in [0, 0.1) is 11.8 Å². The highest BCUT2D eigenvalue weighted by atomic mass is 16.1. The average molecular weight is 286 g/mol. The smallest absolute Gasteiger partial charge is 0.220 e. The Bertz CT molecular complexity index is 638. The zero-order valence-electron chi connectivity index (χ0n) is 11.6. The fourth-order valence-corrected chi connectivity index (χ4v) is 3.46. The van der Waals surface area contributed by atoms with E-state index >= 15 is 0 Å². The number of amides is 1. The van der Waals surface area contributed by atoms with Gasteiger partial charge in [-0.15, -0.1) is 5.53 Å². The van der Waals surface area contributed by atoms with Crippen molar-refractivity contribution in [3.63, 3.8) is 0 Å². The number of fused-ring (bicyclic) bond motifs is 3. The number of hydrogen-bond donors (Lipinski definition) is 4. The molecule has 3 aliphatic rings. The summed E-state index contributed by atoms with van der Waals surface area (Å²) in [6.07, 6.45) is 7.36. The second-order valence-electron chi connectivity index (χ2n) is 5.80. The summed E-state index contributed by atoms with van der Waals surface area (Å²) in [4.78, 5) is 18.8. The minimum absolute atomic E-state index is 0.0352. The van der Waals surface area contributed by atoms with Crippen molar-refractivity contribution in [2.75, 3.05) is 0 Å². The lowest BCUT2D eigenvalue weighted by molar-refractivity contribution is -0.122. The first-order valence-electron chi connectivity index (χ1n) is 7.30. The minimum atomic E-state index is -0.164. The van der Waals surface area contributed by atoms with Crippen LogP contribution in [0.1, 0.15) is 31.2 Å². The SMILES string of the molecule is NC(=O)C1CCC(C2=C3c4cc[nH]c4N=CN3NN2)CC1. The summed E-state index contributed by atoms with van der Waals surface area (Å²) in [5.41, 5.74) is 15.2. The highest BCUT2D eigenvalue weighted by Gasteiger charge is 2.34. The first-order valence-corrected chi connectivity index (χ1v) is 7.30. The van der Waals surface area contributed by atoms with Gasteiger partial charge in [-0.05, 0) is 31.7 Å². The first-order chi connectivity index (χ1) is 10.2. The van der Waals surface area contributed by atoms with Gasteiger partial charge in [0.25, 0.3) is 0 Å². The molecule has 1 aromatic heterocycles. The van der Waals surface area contributed by atoms with Crippen molar-refractivity contribution in [1.29, 1.82) is 0 Å². The molecule has 21 heavy (non-hydrogen) atoms. The van der Waals surface area contributed by atoms with Gasteiger partial charge in [0.2, 0.25) is 5.91 Å². The van der Waals surface area contributed by atoms with Crippen LogP contribution in [0.2, 0.25) is 0 Å². The van der Waals surface area contributed by atoms with Gasteiger partial charge in [-0.2, -0.15) is 0 Å². The molecule has 0 saturated heterocycles. The van der Waals surface area contributed by atoms with Gasteiger partial charge < -0.3 is 16.1 Å². The van der Waals surface area contributed by atoms with Gasteiger partial charge in [0.1, 0.15) is 12.2 Å². The van der Waals surface area contributed by atoms with E-state index in [2.05, 4.69) is 20.9 Å². The lowest BCUT2D eigenvalue weighted by Gasteiger charge is -2.28. The molecule has 2 aliphatic heterocycles. The molecule has 0 radical (unpaired) electrons. The number of nitrogens with one attached hydrogen (secondary N) is 3. The minimum Gasteiger partial charge on any atom is -0.369 e. The van der Waals surface area contributed by atoms with Crippen LogP contribution in [0.5, 0.6) is 0 Å². The Balaban J connectivity index is 1.63. The molecule has 1 aromatic rings. The summed E-state index contributed by atoms with van der Waals surface area (Å²) < 4.78 is 0. The molecule has 110 valence electrons. The summed E-state index contributed by atoms with van der Waals surface area (Å²) in [5, 5.41) is 1.91. The molecule has 7 heteroatoms. The van der Waals surface area contributed by atoms with E-state index < -0.39 is 0 Å². The maximum atomic E-state index is 11.3. The van der Waals surface area contributed by atoms with E-state index in [1.807, 2.05) is 17.3 Å². The van der Waals surface area contributed by atoms with Crippen LogP contribution in [0.25, 0.3) is 5.70 Å². The number of nitrogens with two attached hydrogens (primary N) is 1. The number of hydrazine groups is 2. The second kappa shape index (κ2) is 4.63. The Hall–Kier alpha value is -2.28. The number of carbonyl (C=O) groups excluding carboxylic acids is 1. The van der Waals surface area contributed by atoms with Gasteiger partial charge in [0.05, 0.1) is 11.4 Å². The number of aromatic nitrogens is 1. The zero-order chi connectivity index (χ0) is 14.4. The summed E-state index contributed by atoms with van der Waals surface area (Å²) in [7, 11) is 0. The topological polar surface area (TPSA) is 98.5 Å². The molecule has 7 nitrogen and oxygen atoms in total. The van der Waals surface area contributed by atoms with Gasteiger partial charge in [-0.1, -0.05) is 0 Å². The molecule has 1 aliphatic carbocycles. The van der Waals surface area contributed by atoms with E-state index in [0.29, 0.717) is 5.92 Å². The molecule has 0 atom stereocenters. The van der Waals surface area contributed by atoms with Crippen LogP contribution in [0.15, 0.2) is 23.0 Å². The van der Waals surface area contributed by atoms with Crippen molar-refractivity contribution < 1.29 is 4.79 Å². The number of carbonyl (C=O) groups is 1. The van der Waals surface area contributed by atoms with Crippen LogP contribution < -0.4 is 16.7 Å². The third-order valence-electron chi connectivity index (χ3n) is 4.63. The number of H-pyrrole nitrogens is 1. The van der Waals surface area contributed by atoms with E-state index in [1.165, 1.54) is 5.70 Å². The third kappa shape index (κ3) is 1.92. The molecule has 0 aromatic carbocycles. The average Bonchev–Trinajstić information content (AvgIpc) is 3.13. The van der Waals surface area contributed by atoms with Crippen molar-refractivity contribution in [2.45, 2.75) is 25.7 Å². The highest BCUT2D eigenvalue weighted by molar-refractivity contribution is 5.88. The van der Waals surface area contributed by atoms with Gasteiger partial charge in [0, 0.05) is 23.6 Å². The van der Waals surface area contributed by atoms with Crippen LogP contribution in [0.3, 0.4) is 0 Å². The Morgan fingerprint density at radius 1 is 1.33 bits per heavy atom. The number of aromatic amines is 1. The molecule has 1 amide bonds. The monoisotopic (exact) mass is 286 g/mol. The zero-order valence-corrected chi connectivity index (χ0v) is 11.6. The molecule has 3 heterocycles. The third-order valence-corrected chi connectivity index (χ3v) is 4.63. The van der Waals surface area contributed by atoms with Crippen LogP contribution in [-0.4, -0.2) is 22.2 Å². The summed E-state index contributed by atoms with van der Waals surface area (Å²) in [5.74, 6) is 1.17. The number of nitrogens with zero attached hydrogens (tertiary/aromatic N) is 2. The fourth-order valence-electron chi connectivity index (χ4n) is 3.46. The van der Waals surface area contributed by atoms with Crippen LogP contribution in [-0.2, 0) is 4.79 Å². The van der Waals surface area contributed by atoms with Gasteiger partial charge in [-0.25, -0.2) is 10.0 Å². The predicted octanol–water partition coefficient (Wildman–Crippen LogP) is 0.973. The van der Waals surface area contributed by atoms with Gasteiger partial charge in [0.15, 0.2) is 0 Å². The molecule has 4 rings (SSSR count). The van der Waals surface area contributed by atoms with Gasteiger partial charge in [-0.3, -0.25) is 4.79 Å². The lowest BCUT2D eigenvalue weighted by Crippen LogP contribution is -2.38. The van der Waals surface area contributed by atoms with E-state index in [9.17, 15) is 4.79 Å². The number of aliphatic imine (C=N–C) groups is 1. The Kier molecular flexibility index (Phi) is 2.75. The molecule has 0 bridgehead atoms. The maximum absolute atomic E-state index is 11.3. The Labute approximate surface area is 122 Å². The number of rotatable bonds is 2. The molecule has 5 N–H and O–H groups in total. The fraction of sp³-hybridized carbons (Fsp3) is 0.429. The molecule has 0 unspecified atom stereocenters. The predicted molar refractivity (Wildman–Crippen MR) is 78.6 cm³/mol. The Morgan fingerprint density at radius 3 is 2.90 bits per heavy atom. The van der Waals surface area contributed by atoms with E-state index in [4.69, 9.17) is 5.73 Å². The standard InChI is InChI=1S/C14H18N6O/c15-13(21)9-3-1-8(2-4-9)11-12-10-5-6-16-14(10)17-7-20(12)19-18-11/h5-9,16,18-19H,1-4H2,(H2,15,21). The summed E-state index contributed by atoms with van der Waals surface area (Å²) in [6, 6.07) is 2.04. The summed E-state index contributed by atoms with van der Waals surface area (Å²) >= 11 is 0. The number of allylic oxidation sites excluding steroid dienone is 1. The van der Waals surface area contributed by atoms with Crippen molar-refractivity contribution in [3.8, 4) is 0 Å². The van der Waals surface area contributed by atoms with E-state index in [1.54, 1.807) is 6.34 Å². The van der Waals surface area contributed by atoms with Crippen molar-refractivity contribution in [3.05, 3.63) is 23.5 Å². The normalized spacial score (nSPS) is 27.3. The molecule has 1 fully saturated rings. The van der Waals surface area contributed by atoms with Gasteiger partial charge >= 0.3 is 0 Å². The van der Waals surface area contributed by atoms with Crippen molar-refractivity contribution in [1.82, 2.24) is 21.0 Å². The highest BCUT2D eigenvalue weighted by Crippen LogP contribution is 2.40. The second-order valence-corrected chi connectivity index (χ2v) is 5.80. The van der Waals surface area contributed by atoms with Crippen LogP contribution in [0.4, 0.5) is 5.82 Å². The van der Waals surface area contributed by atoms with Crippen molar-refractivity contribution in [2.24, 2.45) is 22.6 Å². The van der Waals surface area contributed by atoms with E-state index in [-0.39, 0.29) is 11.8 Å². The van der Waals surface area contributed by atoms with Crippen LogP contribution >= 0.6 is 0 Å². The maximum Gasteiger partial charge on any atom is 0.220 e. The summed E-state index contributed by atoms with van der Waals surface area (Å²) in [6.45, 7) is 0. The molecule has 1 saturated carbocycles.